The minimum absolute atomic E-state index is 0.140. The molecule has 4 rings (SSSR count). The predicted octanol–water partition coefficient (Wildman–Crippen LogP) is 4.34. The Morgan fingerprint density at radius 2 is 1.94 bits per heavy atom. The molecule has 1 aliphatic rings. The third kappa shape index (κ3) is 4.91. The minimum Gasteiger partial charge on any atom is -0.496 e. The summed E-state index contributed by atoms with van der Waals surface area (Å²) in [6.45, 7) is 0. The number of carbonyl (C=O) groups is 2. The van der Waals surface area contributed by atoms with E-state index in [2.05, 4.69) is 15.5 Å². The Morgan fingerprint density at radius 1 is 1.15 bits per heavy atom. The number of ether oxygens (including phenoxy) is 2. The summed E-state index contributed by atoms with van der Waals surface area (Å²) in [5, 5.41) is 12.6. The molecule has 33 heavy (non-hydrogen) atoms. The van der Waals surface area contributed by atoms with Gasteiger partial charge in [0.15, 0.2) is 11.0 Å². The summed E-state index contributed by atoms with van der Waals surface area (Å²) in [7, 11) is 4.84. The van der Waals surface area contributed by atoms with Crippen molar-refractivity contribution >= 4 is 40.0 Å². The number of aryl methyl sites for hydroxylation is 1. The number of amides is 1. The van der Waals surface area contributed by atoms with E-state index >= 15 is 0 Å². The second-order valence-electron chi connectivity index (χ2n) is 7.66. The molecule has 2 aromatic heterocycles. The lowest BCUT2D eigenvalue weighted by Gasteiger charge is -2.09. The number of anilines is 1. The Hall–Kier alpha value is -2.85. The van der Waals surface area contributed by atoms with Crippen molar-refractivity contribution < 1.29 is 19.1 Å². The lowest BCUT2D eigenvalue weighted by atomic mass is 10.1. The highest BCUT2D eigenvalue weighted by Gasteiger charge is 2.26. The highest BCUT2D eigenvalue weighted by atomic mass is 32.2. The topological polar surface area (TPSA) is 95.3 Å². The Labute approximate surface area is 200 Å². The number of para-hydroxylation sites is 1. The summed E-state index contributed by atoms with van der Waals surface area (Å²) >= 11 is 2.78. The summed E-state index contributed by atoms with van der Waals surface area (Å²) in [4.78, 5) is 26.4. The first-order chi connectivity index (χ1) is 16.0. The van der Waals surface area contributed by atoms with Gasteiger partial charge in [0.25, 0.3) is 0 Å². The molecule has 0 saturated carbocycles. The molecule has 0 unspecified atom stereocenters. The van der Waals surface area contributed by atoms with Crippen LogP contribution in [0.1, 0.15) is 40.1 Å². The number of hydrogen-bond donors (Lipinski definition) is 1. The van der Waals surface area contributed by atoms with Gasteiger partial charge in [-0.2, -0.15) is 0 Å². The molecule has 3 aromatic rings. The molecule has 174 valence electrons. The number of benzene rings is 1. The second-order valence-corrected chi connectivity index (χ2v) is 9.71. The Bertz CT molecular complexity index is 1170. The van der Waals surface area contributed by atoms with Crippen LogP contribution in [0.2, 0.25) is 0 Å². The van der Waals surface area contributed by atoms with Gasteiger partial charge in [-0.05, 0) is 43.4 Å². The molecule has 0 atom stereocenters. The van der Waals surface area contributed by atoms with Gasteiger partial charge in [-0.15, -0.1) is 21.5 Å². The fourth-order valence-electron chi connectivity index (χ4n) is 3.95. The van der Waals surface area contributed by atoms with Gasteiger partial charge in [0.2, 0.25) is 5.91 Å². The standard InChI is InChI=1S/C23H26N4O4S2/c1-27-20(14-9-7-8-11-16(14)30-2)25-26-23(27)32-13-18(28)24-21-19(22(29)31-3)15-10-5-4-6-12-17(15)33-21/h7-9,11H,4-6,10,12-13H2,1-3H3,(H,24,28). The van der Waals surface area contributed by atoms with Gasteiger partial charge in [-0.25, -0.2) is 4.79 Å². The molecule has 1 aromatic carbocycles. The number of thiophene rings is 1. The lowest BCUT2D eigenvalue weighted by molar-refractivity contribution is -0.113. The van der Waals surface area contributed by atoms with Crippen molar-refractivity contribution in [3.8, 4) is 17.1 Å². The third-order valence-corrected chi connectivity index (χ3v) is 7.81. The Balaban J connectivity index is 1.48. The number of thioether (sulfide) groups is 1. The molecule has 1 amide bonds. The van der Waals surface area contributed by atoms with Crippen LogP contribution in [0.3, 0.4) is 0 Å². The molecular weight excluding hydrogens is 460 g/mol. The van der Waals surface area contributed by atoms with Gasteiger partial charge >= 0.3 is 5.97 Å². The van der Waals surface area contributed by atoms with Gasteiger partial charge in [-0.3, -0.25) is 4.79 Å². The van der Waals surface area contributed by atoms with E-state index < -0.39 is 5.97 Å². The van der Waals surface area contributed by atoms with E-state index in [1.165, 1.54) is 35.1 Å². The monoisotopic (exact) mass is 486 g/mol. The number of nitrogens with one attached hydrogen (secondary N) is 1. The molecule has 0 aliphatic heterocycles. The normalized spacial score (nSPS) is 13.2. The predicted molar refractivity (Wildman–Crippen MR) is 129 cm³/mol. The van der Waals surface area contributed by atoms with E-state index in [1.807, 2.05) is 35.9 Å². The molecule has 0 fully saturated rings. The van der Waals surface area contributed by atoms with Crippen LogP contribution < -0.4 is 10.1 Å². The summed E-state index contributed by atoms with van der Waals surface area (Å²) < 4.78 is 12.3. The summed E-state index contributed by atoms with van der Waals surface area (Å²) in [6, 6.07) is 7.59. The van der Waals surface area contributed by atoms with E-state index in [0.717, 1.165) is 43.2 Å². The first-order valence-corrected chi connectivity index (χ1v) is 12.5. The van der Waals surface area contributed by atoms with Crippen molar-refractivity contribution in [3.05, 3.63) is 40.3 Å². The molecule has 1 N–H and O–H groups in total. The van der Waals surface area contributed by atoms with Crippen LogP contribution in [-0.2, 0) is 29.4 Å². The maximum absolute atomic E-state index is 12.8. The van der Waals surface area contributed by atoms with Crippen LogP contribution in [0.5, 0.6) is 5.75 Å². The number of carbonyl (C=O) groups excluding carboxylic acids is 2. The number of methoxy groups -OCH3 is 2. The molecule has 0 saturated heterocycles. The highest BCUT2D eigenvalue weighted by molar-refractivity contribution is 7.99. The van der Waals surface area contributed by atoms with E-state index in [-0.39, 0.29) is 11.7 Å². The van der Waals surface area contributed by atoms with Crippen LogP contribution in [0.25, 0.3) is 11.4 Å². The molecule has 1 aliphatic carbocycles. The van der Waals surface area contributed by atoms with Crippen LogP contribution in [0, 0.1) is 0 Å². The largest absolute Gasteiger partial charge is 0.496 e. The fraction of sp³-hybridized carbons (Fsp3) is 0.391. The number of nitrogens with zero attached hydrogens (tertiary/aromatic N) is 3. The summed E-state index contributed by atoms with van der Waals surface area (Å²) in [5.74, 6) is 0.900. The van der Waals surface area contributed by atoms with Crippen LogP contribution in [-0.4, -0.2) is 46.6 Å². The first kappa shape index (κ1) is 23.3. The number of rotatable bonds is 7. The minimum atomic E-state index is -0.396. The van der Waals surface area contributed by atoms with Crippen molar-refractivity contribution in [2.75, 3.05) is 25.3 Å². The van der Waals surface area contributed by atoms with Crippen molar-refractivity contribution in [3.63, 3.8) is 0 Å². The SMILES string of the molecule is COC(=O)c1c(NC(=O)CSc2nnc(-c3ccccc3OC)n2C)sc2c1CCCCC2. The third-order valence-electron chi connectivity index (χ3n) is 5.58. The number of hydrogen-bond acceptors (Lipinski definition) is 8. The van der Waals surface area contributed by atoms with Crippen LogP contribution >= 0.6 is 23.1 Å². The quantitative estimate of drug-likeness (QED) is 0.302. The zero-order chi connectivity index (χ0) is 23.4. The molecule has 0 spiro atoms. The van der Waals surface area contributed by atoms with Crippen molar-refractivity contribution in [2.24, 2.45) is 7.05 Å². The van der Waals surface area contributed by atoms with Crippen molar-refractivity contribution in [2.45, 2.75) is 37.3 Å². The summed E-state index contributed by atoms with van der Waals surface area (Å²) in [5.41, 5.74) is 2.37. The van der Waals surface area contributed by atoms with E-state index in [4.69, 9.17) is 9.47 Å². The number of aromatic nitrogens is 3. The first-order valence-electron chi connectivity index (χ1n) is 10.7. The van der Waals surface area contributed by atoms with Gasteiger partial charge < -0.3 is 19.4 Å². The Kier molecular flexibility index (Phi) is 7.34. The average Bonchev–Trinajstić information content (AvgIpc) is 3.27. The smallest absolute Gasteiger partial charge is 0.341 e. The number of fused-ring (bicyclic) bond motifs is 1. The summed E-state index contributed by atoms with van der Waals surface area (Å²) in [6.07, 6.45) is 5.05. The molecule has 0 bridgehead atoms. The van der Waals surface area contributed by atoms with Crippen LogP contribution in [0.4, 0.5) is 5.00 Å². The molecule has 2 heterocycles. The van der Waals surface area contributed by atoms with E-state index in [0.29, 0.717) is 27.3 Å². The van der Waals surface area contributed by atoms with Crippen LogP contribution in [0.15, 0.2) is 29.4 Å². The van der Waals surface area contributed by atoms with Gasteiger partial charge in [0.1, 0.15) is 10.8 Å². The average molecular weight is 487 g/mol. The number of esters is 1. The fourth-order valence-corrected chi connectivity index (χ4v) is 5.95. The van der Waals surface area contributed by atoms with Crippen molar-refractivity contribution in [1.29, 1.82) is 0 Å². The van der Waals surface area contributed by atoms with E-state index in [9.17, 15) is 9.59 Å². The van der Waals surface area contributed by atoms with Gasteiger partial charge in [0.05, 0.1) is 31.1 Å². The zero-order valence-electron chi connectivity index (χ0n) is 18.8. The van der Waals surface area contributed by atoms with E-state index in [1.54, 1.807) is 7.11 Å². The molecule has 0 radical (unpaired) electrons. The Morgan fingerprint density at radius 3 is 2.73 bits per heavy atom. The maximum Gasteiger partial charge on any atom is 0.341 e. The van der Waals surface area contributed by atoms with Gasteiger partial charge in [-0.1, -0.05) is 30.3 Å². The highest BCUT2D eigenvalue weighted by Crippen LogP contribution is 2.38. The molecule has 8 nitrogen and oxygen atoms in total. The zero-order valence-corrected chi connectivity index (χ0v) is 20.5. The second kappa shape index (κ2) is 10.4. The van der Waals surface area contributed by atoms with Gasteiger partial charge in [0, 0.05) is 11.9 Å². The lowest BCUT2D eigenvalue weighted by Crippen LogP contribution is -2.16. The molecular formula is C23H26N4O4S2. The maximum atomic E-state index is 12.8. The van der Waals surface area contributed by atoms with Crippen molar-refractivity contribution in [1.82, 2.24) is 14.8 Å². The molecule has 10 heteroatoms.